The van der Waals surface area contributed by atoms with Crippen molar-refractivity contribution in [3.63, 3.8) is 0 Å². The van der Waals surface area contributed by atoms with Crippen molar-refractivity contribution in [2.45, 2.75) is 0 Å². The van der Waals surface area contributed by atoms with Gasteiger partial charge in [-0.3, -0.25) is 0 Å². The van der Waals surface area contributed by atoms with E-state index in [0.717, 1.165) is 0 Å². The Bertz CT molecular complexity index is 549. The molecule has 0 saturated heterocycles. The summed E-state index contributed by atoms with van der Waals surface area (Å²) in [6.45, 7) is 0. The van der Waals surface area contributed by atoms with Crippen LogP contribution < -0.4 is 15.2 Å². The van der Waals surface area contributed by atoms with Gasteiger partial charge in [0.15, 0.2) is 5.75 Å². The molecule has 18 heavy (non-hydrogen) atoms. The number of esters is 1. The predicted molar refractivity (Wildman–Crippen MR) is 68.8 cm³/mol. The molecule has 92 valence electrons. The summed E-state index contributed by atoms with van der Waals surface area (Å²) in [5, 5.41) is 0. The smallest absolute Gasteiger partial charge is 0.343 e. The number of ether oxygens (including phenoxy) is 2. The third kappa shape index (κ3) is 2.60. The summed E-state index contributed by atoms with van der Waals surface area (Å²) >= 11 is 0. The van der Waals surface area contributed by atoms with Gasteiger partial charge in [-0.1, -0.05) is 12.1 Å². The van der Waals surface area contributed by atoms with Gasteiger partial charge < -0.3 is 15.2 Å². The van der Waals surface area contributed by atoms with Gasteiger partial charge >= 0.3 is 5.97 Å². The molecule has 0 aromatic heterocycles. The van der Waals surface area contributed by atoms with Gasteiger partial charge in [0, 0.05) is 0 Å². The lowest BCUT2D eigenvalue weighted by Gasteiger charge is -2.07. The van der Waals surface area contributed by atoms with E-state index < -0.39 is 5.97 Å². The number of hydrogen-bond acceptors (Lipinski definition) is 4. The number of anilines is 1. The summed E-state index contributed by atoms with van der Waals surface area (Å²) < 4.78 is 10.2. The van der Waals surface area contributed by atoms with E-state index in [1.54, 1.807) is 55.6 Å². The summed E-state index contributed by atoms with van der Waals surface area (Å²) in [7, 11) is 1.57. The van der Waals surface area contributed by atoms with Crippen LogP contribution in [0.15, 0.2) is 48.5 Å². The fourth-order valence-corrected chi connectivity index (χ4v) is 1.46. The second kappa shape index (κ2) is 5.23. The van der Waals surface area contributed by atoms with Crippen LogP contribution in [0.25, 0.3) is 0 Å². The van der Waals surface area contributed by atoms with Crippen LogP contribution in [0.4, 0.5) is 5.69 Å². The third-order valence-corrected chi connectivity index (χ3v) is 2.45. The van der Waals surface area contributed by atoms with Crippen LogP contribution in [-0.4, -0.2) is 13.1 Å². The number of rotatable bonds is 3. The highest BCUT2D eigenvalue weighted by molar-refractivity contribution is 5.91. The van der Waals surface area contributed by atoms with Crippen LogP contribution in [0.5, 0.6) is 11.5 Å². The van der Waals surface area contributed by atoms with Crippen LogP contribution in [0.1, 0.15) is 10.4 Å². The molecule has 0 radical (unpaired) electrons. The molecule has 0 spiro atoms. The minimum Gasteiger partial charge on any atom is -0.497 e. The minimum absolute atomic E-state index is 0.360. The van der Waals surface area contributed by atoms with Crippen molar-refractivity contribution in [1.82, 2.24) is 0 Å². The molecule has 4 nitrogen and oxygen atoms in total. The summed E-state index contributed by atoms with van der Waals surface area (Å²) in [5.74, 6) is 0.597. The fourth-order valence-electron chi connectivity index (χ4n) is 1.46. The normalized spacial score (nSPS) is 9.83. The van der Waals surface area contributed by atoms with E-state index in [1.165, 1.54) is 0 Å². The van der Waals surface area contributed by atoms with E-state index in [1.807, 2.05) is 0 Å². The van der Waals surface area contributed by atoms with Crippen molar-refractivity contribution in [3.05, 3.63) is 54.1 Å². The zero-order valence-corrected chi connectivity index (χ0v) is 9.92. The average molecular weight is 243 g/mol. The molecule has 0 bridgehead atoms. The lowest BCUT2D eigenvalue weighted by molar-refractivity contribution is 0.0736. The SMILES string of the molecule is COc1ccc(C(=O)Oc2ccccc2N)cc1. The molecule has 4 heteroatoms. The third-order valence-electron chi connectivity index (χ3n) is 2.45. The number of hydrogen-bond donors (Lipinski definition) is 1. The molecular formula is C14H13NO3. The zero-order valence-electron chi connectivity index (χ0n) is 9.92. The van der Waals surface area contributed by atoms with Crippen LogP contribution in [0, 0.1) is 0 Å². The van der Waals surface area contributed by atoms with Gasteiger partial charge in [0.1, 0.15) is 5.75 Å². The van der Waals surface area contributed by atoms with Gasteiger partial charge in [-0.25, -0.2) is 4.79 Å². The number of carbonyl (C=O) groups excluding carboxylic acids is 1. The molecule has 2 aromatic carbocycles. The van der Waals surface area contributed by atoms with Crippen LogP contribution in [0.3, 0.4) is 0 Å². The molecule has 2 N–H and O–H groups in total. The van der Waals surface area contributed by atoms with E-state index in [0.29, 0.717) is 22.7 Å². The molecule has 0 saturated carbocycles. The number of carbonyl (C=O) groups is 1. The van der Waals surface area contributed by atoms with E-state index in [2.05, 4.69) is 0 Å². The number of para-hydroxylation sites is 2. The Morgan fingerprint density at radius 2 is 1.72 bits per heavy atom. The zero-order chi connectivity index (χ0) is 13.0. The van der Waals surface area contributed by atoms with Crippen LogP contribution in [0.2, 0.25) is 0 Å². The van der Waals surface area contributed by atoms with E-state index in [9.17, 15) is 4.79 Å². The first-order chi connectivity index (χ1) is 8.70. The first-order valence-electron chi connectivity index (χ1n) is 5.41. The average Bonchev–Trinajstić information content (AvgIpc) is 2.41. The highest BCUT2D eigenvalue weighted by Gasteiger charge is 2.10. The maximum Gasteiger partial charge on any atom is 0.343 e. The molecular weight excluding hydrogens is 230 g/mol. The van der Waals surface area contributed by atoms with Gasteiger partial charge in [0.2, 0.25) is 0 Å². The molecule has 0 aliphatic carbocycles. The van der Waals surface area contributed by atoms with Crippen molar-refractivity contribution >= 4 is 11.7 Å². The number of nitrogen functional groups attached to an aromatic ring is 1. The topological polar surface area (TPSA) is 61.5 Å². The van der Waals surface area contributed by atoms with E-state index in [-0.39, 0.29) is 0 Å². The maximum atomic E-state index is 11.8. The van der Waals surface area contributed by atoms with E-state index in [4.69, 9.17) is 15.2 Å². The summed E-state index contributed by atoms with van der Waals surface area (Å²) in [4.78, 5) is 11.8. The fraction of sp³-hybridized carbons (Fsp3) is 0.0714. The van der Waals surface area contributed by atoms with Crippen molar-refractivity contribution in [2.75, 3.05) is 12.8 Å². The van der Waals surface area contributed by atoms with Crippen molar-refractivity contribution in [3.8, 4) is 11.5 Å². The second-order valence-corrected chi connectivity index (χ2v) is 3.66. The Labute approximate surface area is 105 Å². The molecule has 0 atom stereocenters. The van der Waals surface area contributed by atoms with Gasteiger partial charge in [-0.2, -0.15) is 0 Å². The molecule has 0 aliphatic rings. The number of methoxy groups -OCH3 is 1. The highest BCUT2D eigenvalue weighted by Crippen LogP contribution is 2.21. The molecule has 2 aromatic rings. The molecule has 0 fully saturated rings. The Morgan fingerprint density at radius 3 is 2.33 bits per heavy atom. The van der Waals surface area contributed by atoms with E-state index >= 15 is 0 Å². The van der Waals surface area contributed by atoms with Crippen molar-refractivity contribution < 1.29 is 14.3 Å². The molecule has 0 amide bonds. The van der Waals surface area contributed by atoms with Gasteiger partial charge in [-0.15, -0.1) is 0 Å². The summed E-state index contributed by atoms with van der Waals surface area (Å²) in [6.07, 6.45) is 0. The standard InChI is InChI=1S/C14H13NO3/c1-17-11-8-6-10(7-9-11)14(16)18-13-5-3-2-4-12(13)15/h2-9H,15H2,1H3. The molecule has 2 rings (SSSR count). The van der Waals surface area contributed by atoms with Gasteiger partial charge in [0.25, 0.3) is 0 Å². The van der Waals surface area contributed by atoms with Crippen molar-refractivity contribution in [2.24, 2.45) is 0 Å². The Morgan fingerprint density at radius 1 is 1.06 bits per heavy atom. The Hall–Kier alpha value is -2.49. The van der Waals surface area contributed by atoms with Gasteiger partial charge in [-0.05, 0) is 36.4 Å². The predicted octanol–water partition coefficient (Wildman–Crippen LogP) is 2.50. The van der Waals surface area contributed by atoms with Crippen molar-refractivity contribution in [1.29, 1.82) is 0 Å². The van der Waals surface area contributed by atoms with Crippen LogP contribution >= 0.6 is 0 Å². The largest absolute Gasteiger partial charge is 0.497 e. The Kier molecular flexibility index (Phi) is 3.48. The summed E-state index contributed by atoms with van der Waals surface area (Å²) in [5.41, 5.74) is 6.57. The van der Waals surface area contributed by atoms with Gasteiger partial charge in [0.05, 0.1) is 18.4 Å². The molecule has 0 aliphatic heterocycles. The lowest BCUT2D eigenvalue weighted by atomic mass is 10.2. The number of nitrogens with two attached hydrogens (primary N) is 1. The first-order valence-corrected chi connectivity index (χ1v) is 5.41. The molecule has 0 heterocycles. The quantitative estimate of drug-likeness (QED) is 0.511. The minimum atomic E-state index is -0.449. The maximum absolute atomic E-state index is 11.8. The Balaban J connectivity index is 2.14. The van der Waals surface area contributed by atoms with Crippen LogP contribution in [-0.2, 0) is 0 Å². The number of benzene rings is 2. The highest BCUT2D eigenvalue weighted by atomic mass is 16.5. The molecule has 0 unspecified atom stereocenters. The first kappa shape index (κ1) is 12.0. The monoisotopic (exact) mass is 243 g/mol. The second-order valence-electron chi connectivity index (χ2n) is 3.66. The summed E-state index contributed by atoms with van der Waals surface area (Å²) in [6, 6.07) is 13.5. The lowest BCUT2D eigenvalue weighted by Crippen LogP contribution is -2.09.